The summed E-state index contributed by atoms with van der Waals surface area (Å²) in [5, 5.41) is 2.67. The molecule has 2 saturated carbocycles. The van der Waals surface area contributed by atoms with Gasteiger partial charge in [-0.2, -0.15) is 0 Å². The van der Waals surface area contributed by atoms with Crippen LogP contribution in [0.25, 0.3) is 0 Å². The molecule has 4 atom stereocenters. The fourth-order valence-corrected chi connectivity index (χ4v) is 3.56. The van der Waals surface area contributed by atoms with Crippen molar-refractivity contribution in [3.63, 3.8) is 0 Å². The molecule has 0 bridgehead atoms. The van der Waals surface area contributed by atoms with Crippen LogP contribution < -0.4 is 11.1 Å². The number of fused-ring (bicyclic) bond motifs is 1. The lowest BCUT2D eigenvalue weighted by Crippen LogP contribution is -2.32. The number of anilines is 1. The summed E-state index contributed by atoms with van der Waals surface area (Å²) in [5.41, 5.74) is 6.05. The number of amides is 2. The van der Waals surface area contributed by atoms with Gasteiger partial charge in [0.15, 0.2) is 6.10 Å². The van der Waals surface area contributed by atoms with E-state index in [-0.39, 0.29) is 11.9 Å². The van der Waals surface area contributed by atoms with Gasteiger partial charge in [0.25, 0.3) is 5.91 Å². The molecule has 24 heavy (non-hydrogen) atoms. The topological polar surface area (TPSA) is 98.5 Å². The van der Waals surface area contributed by atoms with Crippen LogP contribution in [0.15, 0.2) is 24.3 Å². The zero-order chi connectivity index (χ0) is 17.3. The number of ether oxygens (including phenoxy) is 1. The van der Waals surface area contributed by atoms with Crippen molar-refractivity contribution in [3.8, 4) is 0 Å². The molecule has 2 amide bonds. The van der Waals surface area contributed by atoms with Crippen LogP contribution in [0.2, 0.25) is 0 Å². The van der Waals surface area contributed by atoms with Gasteiger partial charge < -0.3 is 15.8 Å². The highest BCUT2D eigenvalue weighted by Crippen LogP contribution is 2.49. The van der Waals surface area contributed by atoms with Crippen LogP contribution in [0.5, 0.6) is 0 Å². The third kappa shape index (κ3) is 3.42. The average Bonchev–Trinajstić information content (AvgIpc) is 2.82. The molecule has 2 unspecified atom stereocenters. The highest BCUT2D eigenvalue weighted by atomic mass is 16.5. The minimum atomic E-state index is -0.855. The van der Waals surface area contributed by atoms with Crippen molar-refractivity contribution < 1.29 is 19.1 Å². The maximum atomic E-state index is 12.2. The standard InChI is InChI=1S/C18H22N2O4/c1-10(24-18(23)14-8-12-2-3-13(12)9-14)17(22)20-15-6-4-11(5-7-15)16(19)21/h4-7,10,12-14H,2-3,8-9H2,1H3,(H2,19,21)(H,20,22)/t10?,12-,13+,14?. The van der Waals surface area contributed by atoms with Gasteiger partial charge >= 0.3 is 5.97 Å². The van der Waals surface area contributed by atoms with Crippen molar-refractivity contribution in [1.29, 1.82) is 0 Å². The van der Waals surface area contributed by atoms with Crippen molar-refractivity contribution in [2.75, 3.05) is 5.32 Å². The fourth-order valence-electron chi connectivity index (χ4n) is 3.56. The molecule has 3 N–H and O–H groups in total. The lowest BCUT2D eigenvalue weighted by molar-refractivity contribution is -0.157. The maximum absolute atomic E-state index is 12.2. The Labute approximate surface area is 140 Å². The summed E-state index contributed by atoms with van der Waals surface area (Å²) in [5.74, 6) is 0.103. The van der Waals surface area contributed by atoms with E-state index in [9.17, 15) is 14.4 Å². The highest BCUT2D eigenvalue weighted by molar-refractivity contribution is 5.96. The number of carbonyl (C=O) groups is 3. The molecule has 2 fully saturated rings. The van der Waals surface area contributed by atoms with Gasteiger partial charge in [0.2, 0.25) is 5.91 Å². The molecule has 0 aromatic heterocycles. The zero-order valence-corrected chi connectivity index (χ0v) is 13.7. The highest BCUT2D eigenvalue weighted by Gasteiger charge is 2.43. The van der Waals surface area contributed by atoms with E-state index in [1.165, 1.54) is 25.0 Å². The van der Waals surface area contributed by atoms with Gasteiger partial charge in [-0.1, -0.05) is 0 Å². The van der Waals surface area contributed by atoms with E-state index in [0.29, 0.717) is 23.1 Å². The predicted molar refractivity (Wildman–Crippen MR) is 88.1 cm³/mol. The largest absolute Gasteiger partial charge is 0.452 e. The molecule has 0 saturated heterocycles. The van der Waals surface area contributed by atoms with Crippen LogP contribution in [0.4, 0.5) is 5.69 Å². The first-order valence-electron chi connectivity index (χ1n) is 8.35. The average molecular weight is 330 g/mol. The summed E-state index contributed by atoms with van der Waals surface area (Å²) >= 11 is 0. The summed E-state index contributed by atoms with van der Waals surface area (Å²) in [7, 11) is 0. The minimum absolute atomic E-state index is 0.0624. The lowest BCUT2D eigenvalue weighted by Gasteiger charge is -2.29. The molecule has 2 aliphatic rings. The van der Waals surface area contributed by atoms with Gasteiger partial charge in [0.05, 0.1) is 5.92 Å². The van der Waals surface area contributed by atoms with Crippen molar-refractivity contribution in [1.82, 2.24) is 0 Å². The van der Waals surface area contributed by atoms with E-state index in [2.05, 4.69) is 5.32 Å². The van der Waals surface area contributed by atoms with Crippen LogP contribution >= 0.6 is 0 Å². The minimum Gasteiger partial charge on any atom is -0.452 e. The predicted octanol–water partition coefficient (Wildman–Crippen LogP) is 2.09. The summed E-state index contributed by atoms with van der Waals surface area (Å²) in [6, 6.07) is 6.23. The van der Waals surface area contributed by atoms with Gasteiger partial charge in [-0.05, 0) is 68.7 Å². The second kappa shape index (κ2) is 6.63. The van der Waals surface area contributed by atoms with Crippen LogP contribution in [0.3, 0.4) is 0 Å². The molecule has 1 aromatic rings. The molecule has 1 aromatic carbocycles. The number of esters is 1. The van der Waals surface area contributed by atoms with E-state index in [0.717, 1.165) is 12.8 Å². The van der Waals surface area contributed by atoms with Gasteiger partial charge in [0.1, 0.15) is 0 Å². The first-order valence-corrected chi connectivity index (χ1v) is 8.35. The Balaban J connectivity index is 1.50. The van der Waals surface area contributed by atoms with E-state index >= 15 is 0 Å². The van der Waals surface area contributed by atoms with E-state index < -0.39 is 17.9 Å². The van der Waals surface area contributed by atoms with Crippen molar-refractivity contribution >= 4 is 23.5 Å². The van der Waals surface area contributed by atoms with Crippen LogP contribution in [0, 0.1) is 17.8 Å². The maximum Gasteiger partial charge on any atom is 0.309 e. The molecule has 0 radical (unpaired) electrons. The second-order valence-electron chi connectivity index (χ2n) is 6.78. The Morgan fingerprint density at radius 2 is 1.71 bits per heavy atom. The van der Waals surface area contributed by atoms with Gasteiger partial charge in [-0.25, -0.2) is 0 Å². The molecule has 6 nitrogen and oxygen atoms in total. The van der Waals surface area contributed by atoms with Crippen LogP contribution in [0.1, 0.15) is 43.0 Å². The molecule has 0 spiro atoms. The Kier molecular flexibility index (Phi) is 4.55. The smallest absolute Gasteiger partial charge is 0.309 e. The quantitative estimate of drug-likeness (QED) is 0.808. The lowest BCUT2D eigenvalue weighted by atomic mass is 9.77. The van der Waals surface area contributed by atoms with E-state index in [1.807, 2.05) is 0 Å². The SMILES string of the molecule is CC(OC(=O)C1C[C@H]2CC[C@H]2C1)C(=O)Nc1ccc(C(N)=O)cc1. The molecular formula is C18H22N2O4. The number of carbonyl (C=O) groups excluding carboxylic acids is 3. The number of hydrogen-bond acceptors (Lipinski definition) is 4. The van der Waals surface area contributed by atoms with Crippen molar-refractivity contribution in [2.24, 2.45) is 23.5 Å². The Bertz CT molecular complexity index is 643. The van der Waals surface area contributed by atoms with Crippen LogP contribution in [-0.2, 0) is 14.3 Å². The number of benzene rings is 1. The molecule has 3 rings (SSSR count). The van der Waals surface area contributed by atoms with Crippen molar-refractivity contribution in [3.05, 3.63) is 29.8 Å². The Morgan fingerprint density at radius 3 is 2.21 bits per heavy atom. The number of rotatable bonds is 5. The van der Waals surface area contributed by atoms with Crippen molar-refractivity contribution in [2.45, 2.75) is 38.7 Å². The zero-order valence-electron chi connectivity index (χ0n) is 13.7. The van der Waals surface area contributed by atoms with E-state index in [1.54, 1.807) is 19.1 Å². The summed E-state index contributed by atoms with van der Waals surface area (Å²) in [4.78, 5) is 35.4. The van der Waals surface area contributed by atoms with Gasteiger partial charge in [-0.15, -0.1) is 0 Å². The van der Waals surface area contributed by atoms with Gasteiger partial charge in [0, 0.05) is 11.3 Å². The molecular weight excluding hydrogens is 308 g/mol. The summed E-state index contributed by atoms with van der Waals surface area (Å²) in [6.07, 6.45) is 3.36. The fraction of sp³-hybridized carbons (Fsp3) is 0.500. The second-order valence-corrected chi connectivity index (χ2v) is 6.78. The molecule has 128 valence electrons. The molecule has 0 heterocycles. The van der Waals surface area contributed by atoms with E-state index in [4.69, 9.17) is 10.5 Å². The molecule has 0 aliphatic heterocycles. The first-order chi connectivity index (χ1) is 11.4. The van der Waals surface area contributed by atoms with Crippen LogP contribution in [-0.4, -0.2) is 23.9 Å². The normalized spacial score (nSPS) is 26.0. The molecule has 6 heteroatoms. The first kappa shape index (κ1) is 16.5. The summed E-state index contributed by atoms with van der Waals surface area (Å²) < 4.78 is 5.33. The number of primary amides is 1. The third-order valence-corrected chi connectivity index (χ3v) is 5.18. The molecule has 2 aliphatic carbocycles. The number of nitrogens with one attached hydrogen (secondary N) is 1. The third-order valence-electron chi connectivity index (χ3n) is 5.18. The Hall–Kier alpha value is -2.37. The number of nitrogens with two attached hydrogens (primary N) is 1. The Morgan fingerprint density at radius 1 is 1.12 bits per heavy atom. The van der Waals surface area contributed by atoms with Gasteiger partial charge in [-0.3, -0.25) is 14.4 Å². The summed E-state index contributed by atoms with van der Waals surface area (Å²) in [6.45, 7) is 1.56. The number of hydrogen-bond donors (Lipinski definition) is 2. The monoisotopic (exact) mass is 330 g/mol.